The van der Waals surface area contributed by atoms with E-state index in [0.29, 0.717) is 22.9 Å². The lowest BCUT2D eigenvalue weighted by Gasteiger charge is -2.23. The zero-order valence-corrected chi connectivity index (χ0v) is 14.0. The summed E-state index contributed by atoms with van der Waals surface area (Å²) < 4.78 is 24.2. The van der Waals surface area contributed by atoms with Gasteiger partial charge >= 0.3 is 0 Å². The maximum atomic E-state index is 12.1. The van der Waals surface area contributed by atoms with E-state index in [1.807, 2.05) is 0 Å². The summed E-state index contributed by atoms with van der Waals surface area (Å²) in [5.74, 6) is 0.127. The minimum atomic E-state index is -2.90. The Labute approximate surface area is 129 Å². The molecule has 1 fully saturated rings. The van der Waals surface area contributed by atoms with Crippen LogP contribution >= 0.6 is 31.9 Å². The van der Waals surface area contributed by atoms with Gasteiger partial charge in [0.1, 0.15) is 9.84 Å². The molecular weight excluding hydrogens is 398 g/mol. The number of carbonyl (C=O) groups excluding carboxylic acids is 1. The van der Waals surface area contributed by atoms with Crippen LogP contribution in [0.25, 0.3) is 0 Å². The summed E-state index contributed by atoms with van der Waals surface area (Å²) in [4.78, 5) is 12.1. The third-order valence-electron chi connectivity index (χ3n) is 3.07. The van der Waals surface area contributed by atoms with Crippen molar-refractivity contribution in [1.29, 1.82) is 0 Å². The van der Waals surface area contributed by atoms with Crippen molar-refractivity contribution in [3.63, 3.8) is 0 Å². The molecule has 104 valence electrons. The molecule has 1 saturated heterocycles. The molecule has 19 heavy (non-hydrogen) atoms. The minimum absolute atomic E-state index is 0.0634. The fraction of sp³-hybridized carbons (Fsp3) is 0.417. The second-order valence-electron chi connectivity index (χ2n) is 4.52. The highest BCUT2D eigenvalue weighted by Gasteiger charge is 2.25. The first-order chi connectivity index (χ1) is 8.87. The van der Waals surface area contributed by atoms with Crippen LogP contribution < -0.4 is 5.32 Å². The number of amides is 1. The Kier molecular flexibility index (Phi) is 4.68. The van der Waals surface area contributed by atoms with Gasteiger partial charge in [-0.3, -0.25) is 4.79 Å². The lowest BCUT2D eigenvalue weighted by Crippen LogP contribution is -2.40. The molecule has 1 amide bonds. The zero-order valence-electron chi connectivity index (χ0n) is 10.0. The normalized spacial score (nSPS) is 19.1. The Hall–Kier alpha value is -0.400. The first-order valence-corrected chi connectivity index (χ1v) is 9.24. The van der Waals surface area contributed by atoms with Gasteiger partial charge in [-0.25, -0.2) is 8.42 Å². The Balaban J connectivity index is 2.02. The molecule has 0 radical (unpaired) electrons. The molecule has 1 aromatic rings. The molecule has 0 saturated carbocycles. The van der Waals surface area contributed by atoms with Crippen LogP contribution in [-0.4, -0.2) is 31.9 Å². The molecule has 1 heterocycles. The highest BCUT2D eigenvalue weighted by Crippen LogP contribution is 2.22. The van der Waals surface area contributed by atoms with Gasteiger partial charge in [0.25, 0.3) is 5.91 Å². The van der Waals surface area contributed by atoms with Gasteiger partial charge in [-0.15, -0.1) is 0 Å². The first-order valence-electron chi connectivity index (χ1n) is 5.84. The van der Waals surface area contributed by atoms with E-state index in [2.05, 4.69) is 37.2 Å². The van der Waals surface area contributed by atoms with E-state index < -0.39 is 9.84 Å². The molecule has 0 unspecified atom stereocenters. The van der Waals surface area contributed by atoms with E-state index >= 15 is 0 Å². The molecule has 1 aliphatic rings. The van der Waals surface area contributed by atoms with Crippen LogP contribution in [0.1, 0.15) is 23.2 Å². The van der Waals surface area contributed by atoms with Crippen LogP contribution in [0.4, 0.5) is 0 Å². The van der Waals surface area contributed by atoms with Gasteiger partial charge in [0, 0.05) is 15.0 Å². The van der Waals surface area contributed by atoms with Crippen molar-refractivity contribution in [2.45, 2.75) is 18.9 Å². The number of sulfone groups is 1. The standard InChI is InChI=1S/C12H13Br2NO3S/c13-8-1-2-10(11(14)7-8)12(16)15-9-3-5-19(17,18)6-4-9/h1-2,7,9H,3-6H2,(H,15,16). The third-order valence-corrected chi connectivity index (χ3v) is 5.93. The number of benzene rings is 1. The number of hydrogen-bond acceptors (Lipinski definition) is 3. The molecule has 1 aliphatic heterocycles. The summed E-state index contributed by atoms with van der Waals surface area (Å²) in [5, 5.41) is 2.88. The van der Waals surface area contributed by atoms with Gasteiger partial charge in [0.05, 0.1) is 17.1 Å². The summed E-state index contributed by atoms with van der Waals surface area (Å²) in [6.07, 6.45) is 0.977. The number of rotatable bonds is 2. The third kappa shape index (κ3) is 4.03. The number of halogens is 2. The van der Waals surface area contributed by atoms with Crippen LogP contribution in [0.3, 0.4) is 0 Å². The lowest BCUT2D eigenvalue weighted by atomic mass is 10.1. The topological polar surface area (TPSA) is 63.2 Å². The van der Waals surface area contributed by atoms with E-state index in [1.165, 1.54) is 0 Å². The molecule has 7 heteroatoms. The van der Waals surface area contributed by atoms with Gasteiger partial charge in [0.15, 0.2) is 0 Å². The number of carbonyl (C=O) groups is 1. The van der Waals surface area contributed by atoms with Crippen molar-refractivity contribution >= 4 is 47.6 Å². The summed E-state index contributed by atoms with van der Waals surface area (Å²) in [6.45, 7) is 0. The van der Waals surface area contributed by atoms with Crippen LogP contribution in [-0.2, 0) is 9.84 Å². The van der Waals surface area contributed by atoms with Crippen molar-refractivity contribution in [3.05, 3.63) is 32.7 Å². The minimum Gasteiger partial charge on any atom is -0.349 e. The van der Waals surface area contributed by atoms with E-state index in [4.69, 9.17) is 0 Å². The SMILES string of the molecule is O=C(NC1CCS(=O)(=O)CC1)c1ccc(Br)cc1Br. The lowest BCUT2D eigenvalue weighted by molar-refractivity contribution is 0.0933. The molecule has 4 nitrogen and oxygen atoms in total. The van der Waals surface area contributed by atoms with Gasteiger partial charge in [-0.1, -0.05) is 15.9 Å². The predicted molar refractivity (Wildman–Crippen MR) is 81.0 cm³/mol. The van der Waals surface area contributed by atoms with E-state index in [9.17, 15) is 13.2 Å². The van der Waals surface area contributed by atoms with Gasteiger partial charge < -0.3 is 5.32 Å². The van der Waals surface area contributed by atoms with Crippen molar-refractivity contribution in [1.82, 2.24) is 5.32 Å². The highest BCUT2D eigenvalue weighted by atomic mass is 79.9. The smallest absolute Gasteiger partial charge is 0.252 e. The average Bonchev–Trinajstić information content (AvgIpc) is 2.31. The van der Waals surface area contributed by atoms with Crippen molar-refractivity contribution in [2.75, 3.05) is 11.5 Å². The monoisotopic (exact) mass is 409 g/mol. The molecule has 1 N–H and O–H groups in total. The van der Waals surface area contributed by atoms with Crippen molar-refractivity contribution in [3.8, 4) is 0 Å². The molecule has 0 spiro atoms. The average molecular weight is 411 g/mol. The fourth-order valence-electron chi connectivity index (χ4n) is 1.97. The summed E-state index contributed by atoms with van der Waals surface area (Å²) in [5.41, 5.74) is 0.552. The number of hydrogen-bond donors (Lipinski definition) is 1. The zero-order chi connectivity index (χ0) is 14.0. The molecule has 0 bridgehead atoms. The second-order valence-corrected chi connectivity index (χ2v) is 8.60. The van der Waals surface area contributed by atoms with Gasteiger partial charge in [-0.2, -0.15) is 0 Å². The maximum absolute atomic E-state index is 12.1. The first kappa shape index (κ1) is 15.0. The van der Waals surface area contributed by atoms with Crippen LogP contribution in [0.2, 0.25) is 0 Å². The van der Waals surface area contributed by atoms with E-state index in [0.717, 1.165) is 4.47 Å². The highest BCUT2D eigenvalue weighted by molar-refractivity contribution is 9.11. The van der Waals surface area contributed by atoms with E-state index in [-0.39, 0.29) is 23.5 Å². The van der Waals surface area contributed by atoms with Crippen molar-refractivity contribution < 1.29 is 13.2 Å². The largest absolute Gasteiger partial charge is 0.349 e. The summed E-state index contributed by atoms with van der Waals surface area (Å²) in [6, 6.07) is 5.26. The van der Waals surface area contributed by atoms with Crippen LogP contribution in [0.15, 0.2) is 27.1 Å². The van der Waals surface area contributed by atoms with Crippen LogP contribution in [0.5, 0.6) is 0 Å². The van der Waals surface area contributed by atoms with Crippen LogP contribution in [0, 0.1) is 0 Å². The Morgan fingerprint density at radius 3 is 2.42 bits per heavy atom. The molecule has 2 rings (SSSR count). The van der Waals surface area contributed by atoms with Gasteiger partial charge in [0.2, 0.25) is 0 Å². The Bertz CT molecular complexity index is 587. The second kappa shape index (κ2) is 5.93. The maximum Gasteiger partial charge on any atom is 0.252 e. The van der Waals surface area contributed by atoms with E-state index in [1.54, 1.807) is 18.2 Å². The Morgan fingerprint density at radius 1 is 1.21 bits per heavy atom. The molecule has 1 aromatic carbocycles. The molecular formula is C12H13Br2NO3S. The van der Waals surface area contributed by atoms with Crippen molar-refractivity contribution in [2.24, 2.45) is 0 Å². The Morgan fingerprint density at radius 2 is 1.84 bits per heavy atom. The molecule has 0 aromatic heterocycles. The molecule has 0 atom stereocenters. The summed E-state index contributed by atoms with van der Waals surface area (Å²) in [7, 11) is -2.90. The quantitative estimate of drug-likeness (QED) is 0.814. The fourth-order valence-corrected chi connectivity index (χ4v) is 4.69. The molecule has 0 aliphatic carbocycles. The number of nitrogens with one attached hydrogen (secondary N) is 1. The summed E-state index contributed by atoms with van der Waals surface area (Å²) >= 11 is 6.67. The van der Waals surface area contributed by atoms with Gasteiger partial charge in [-0.05, 0) is 47.0 Å². The predicted octanol–water partition coefficient (Wildman–Crippen LogP) is 2.52.